The number of fused-ring (bicyclic) bond motifs is 1. The topological polar surface area (TPSA) is 18.8 Å². The van der Waals surface area contributed by atoms with Gasteiger partial charge in [-0.2, -0.15) is 5.10 Å². The van der Waals surface area contributed by atoms with Gasteiger partial charge in [0.25, 0.3) is 0 Å². The number of nitrogens with zero attached hydrogens (tertiary/aromatic N) is 3. The number of benzene rings is 2. The molecule has 0 spiro atoms. The first-order chi connectivity index (χ1) is 10.8. The van der Waals surface area contributed by atoms with Crippen LogP contribution in [0.25, 0.3) is 0 Å². The first-order valence-electron chi connectivity index (χ1n) is 7.15. The lowest BCUT2D eigenvalue weighted by Gasteiger charge is -2.29. The number of hydrogen-bond donors (Lipinski definition) is 0. The van der Waals surface area contributed by atoms with Gasteiger partial charge in [0.2, 0.25) is 0 Å². The van der Waals surface area contributed by atoms with Crippen LogP contribution >= 0.6 is 15.9 Å². The molecule has 4 rings (SSSR count). The fraction of sp³-hybridized carbons (Fsp3) is 0.0556. The molecule has 3 nitrogen and oxygen atoms in total. The van der Waals surface area contributed by atoms with Crippen molar-refractivity contribution in [3.8, 4) is 0 Å². The van der Waals surface area contributed by atoms with Gasteiger partial charge in [-0.25, -0.2) is 5.01 Å². The summed E-state index contributed by atoms with van der Waals surface area (Å²) in [5.74, 6) is 0.954. The summed E-state index contributed by atoms with van der Waals surface area (Å²) in [6.45, 7) is 0. The Labute approximate surface area is 138 Å². The molecule has 2 aliphatic heterocycles. The lowest BCUT2D eigenvalue weighted by atomic mass is 10.1. The Bertz CT molecular complexity index is 765. The second-order valence-corrected chi connectivity index (χ2v) is 6.08. The predicted molar refractivity (Wildman–Crippen MR) is 93.7 cm³/mol. The van der Waals surface area contributed by atoms with Crippen molar-refractivity contribution >= 4 is 27.5 Å². The summed E-state index contributed by atoms with van der Waals surface area (Å²) < 4.78 is 1.04. The molecule has 108 valence electrons. The van der Waals surface area contributed by atoms with E-state index in [9.17, 15) is 0 Å². The maximum Gasteiger partial charge on any atom is 0.162 e. The van der Waals surface area contributed by atoms with Crippen LogP contribution in [0.3, 0.4) is 0 Å². The van der Waals surface area contributed by atoms with Crippen molar-refractivity contribution in [2.24, 2.45) is 5.10 Å². The minimum Gasteiger partial charge on any atom is -0.304 e. The molecular formula is C18H14BrN3. The van der Waals surface area contributed by atoms with Gasteiger partial charge in [0.05, 0.1) is 5.69 Å². The molecule has 0 radical (unpaired) electrons. The highest BCUT2D eigenvalue weighted by Crippen LogP contribution is 2.31. The van der Waals surface area contributed by atoms with Crippen LogP contribution in [-0.2, 0) is 0 Å². The van der Waals surface area contributed by atoms with Gasteiger partial charge in [-0.1, -0.05) is 48.5 Å². The van der Waals surface area contributed by atoms with Gasteiger partial charge in [-0.05, 0) is 40.2 Å². The van der Waals surface area contributed by atoms with E-state index in [0.717, 1.165) is 21.6 Å². The van der Waals surface area contributed by atoms with Crippen molar-refractivity contribution < 1.29 is 0 Å². The second-order valence-electron chi connectivity index (χ2n) is 5.16. The van der Waals surface area contributed by atoms with Crippen molar-refractivity contribution in [2.75, 3.05) is 5.01 Å². The molecule has 0 N–H and O–H groups in total. The summed E-state index contributed by atoms with van der Waals surface area (Å²) in [5.41, 5.74) is 2.19. The van der Waals surface area contributed by atoms with Crippen LogP contribution in [0.15, 0.2) is 88.6 Å². The number of halogens is 1. The average molecular weight is 352 g/mol. The summed E-state index contributed by atoms with van der Waals surface area (Å²) >= 11 is 3.56. The van der Waals surface area contributed by atoms with Gasteiger partial charge in [-0.3, -0.25) is 0 Å². The van der Waals surface area contributed by atoms with Crippen LogP contribution in [0.1, 0.15) is 5.56 Å². The average Bonchev–Trinajstić information content (AvgIpc) is 2.95. The Kier molecular flexibility index (Phi) is 3.31. The van der Waals surface area contributed by atoms with Gasteiger partial charge in [0.15, 0.2) is 5.84 Å². The lowest BCUT2D eigenvalue weighted by molar-refractivity contribution is 0.486. The molecule has 0 saturated heterocycles. The van der Waals surface area contributed by atoms with Crippen LogP contribution in [0.4, 0.5) is 5.69 Å². The van der Waals surface area contributed by atoms with E-state index in [-0.39, 0.29) is 6.17 Å². The zero-order valence-corrected chi connectivity index (χ0v) is 13.4. The van der Waals surface area contributed by atoms with E-state index in [1.165, 1.54) is 0 Å². The summed E-state index contributed by atoms with van der Waals surface area (Å²) in [6.07, 6.45) is 6.37. The minimum absolute atomic E-state index is 0.0684. The van der Waals surface area contributed by atoms with Gasteiger partial charge in [0.1, 0.15) is 6.17 Å². The third kappa shape index (κ3) is 2.25. The molecule has 2 aromatic carbocycles. The van der Waals surface area contributed by atoms with Gasteiger partial charge in [-0.15, -0.1) is 0 Å². The van der Waals surface area contributed by atoms with Gasteiger partial charge < -0.3 is 4.90 Å². The molecule has 1 atom stereocenters. The van der Waals surface area contributed by atoms with E-state index in [1.54, 1.807) is 0 Å². The second kappa shape index (κ2) is 5.46. The molecule has 22 heavy (non-hydrogen) atoms. The molecule has 0 saturated carbocycles. The lowest BCUT2D eigenvalue weighted by Crippen LogP contribution is -2.39. The van der Waals surface area contributed by atoms with Gasteiger partial charge in [0, 0.05) is 16.2 Å². The third-order valence-electron chi connectivity index (χ3n) is 3.73. The Morgan fingerprint density at radius 1 is 0.909 bits per heavy atom. The fourth-order valence-corrected chi connectivity index (χ4v) is 3.08. The van der Waals surface area contributed by atoms with Crippen molar-refractivity contribution in [1.82, 2.24) is 4.90 Å². The molecule has 1 unspecified atom stereocenters. The highest BCUT2D eigenvalue weighted by Gasteiger charge is 2.34. The number of amidine groups is 1. The maximum atomic E-state index is 4.87. The van der Waals surface area contributed by atoms with Crippen LogP contribution in [0.5, 0.6) is 0 Å². The van der Waals surface area contributed by atoms with Crippen molar-refractivity contribution in [3.05, 3.63) is 89.1 Å². The largest absolute Gasteiger partial charge is 0.304 e. The summed E-state index contributed by atoms with van der Waals surface area (Å²) in [5, 5.41) is 6.92. The zero-order valence-electron chi connectivity index (χ0n) is 11.8. The summed E-state index contributed by atoms with van der Waals surface area (Å²) in [4.78, 5) is 2.19. The van der Waals surface area contributed by atoms with E-state index >= 15 is 0 Å². The van der Waals surface area contributed by atoms with Crippen LogP contribution in [-0.4, -0.2) is 16.9 Å². The molecule has 0 aliphatic carbocycles. The van der Waals surface area contributed by atoms with Crippen LogP contribution in [0, 0.1) is 0 Å². The zero-order chi connectivity index (χ0) is 14.9. The SMILES string of the molecule is BrC1=CN2C(c3ccccc3)=NN(c3ccccc3)C2C=C1. The first-order valence-corrected chi connectivity index (χ1v) is 7.94. The maximum absolute atomic E-state index is 4.87. The standard InChI is InChI=1S/C18H14BrN3/c19-15-11-12-17-21(13-15)18(14-7-3-1-4-8-14)20-22(17)16-9-5-2-6-10-16/h1-13,17H. The summed E-state index contributed by atoms with van der Waals surface area (Å²) in [6, 6.07) is 20.5. The molecule has 2 aliphatic rings. The molecular weight excluding hydrogens is 338 g/mol. The highest BCUT2D eigenvalue weighted by molar-refractivity contribution is 9.11. The first kappa shape index (κ1) is 13.3. The molecule has 0 bridgehead atoms. The molecule has 4 heteroatoms. The number of anilines is 1. The van der Waals surface area contributed by atoms with E-state index in [0.29, 0.717) is 0 Å². The van der Waals surface area contributed by atoms with Crippen molar-refractivity contribution in [2.45, 2.75) is 6.17 Å². The third-order valence-corrected chi connectivity index (χ3v) is 4.19. The molecule has 2 aromatic rings. The van der Waals surface area contributed by atoms with E-state index in [4.69, 9.17) is 5.10 Å². The molecule has 0 fully saturated rings. The van der Waals surface area contributed by atoms with E-state index in [1.807, 2.05) is 36.4 Å². The predicted octanol–water partition coefficient (Wildman–Crippen LogP) is 4.30. The minimum atomic E-state index is 0.0684. The van der Waals surface area contributed by atoms with E-state index in [2.05, 4.69) is 68.5 Å². The number of hydrazone groups is 1. The van der Waals surface area contributed by atoms with Crippen LogP contribution < -0.4 is 5.01 Å². The number of allylic oxidation sites excluding steroid dienone is 2. The fourth-order valence-electron chi connectivity index (χ4n) is 2.71. The number of hydrogen-bond acceptors (Lipinski definition) is 3. The summed E-state index contributed by atoms with van der Waals surface area (Å²) in [7, 11) is 0. The van der Waals surface area contributed by atoms with Crippen LogP contribution in [0.2, 0.25) is 0 Å². The number of para-hydroxylation sites is 1. The quantitative estimate of drug-likeness (QED) is 0.802. The molecule has 0 aromatic heterocycles. The highest BCUT2D eigenvalue weighted by atomic mass is 79.9. The molecule has 2 heterocycles. The van der Waals surface area contributed by atoms with Crippen molar-refractivity contribution in [3.63, 3.8) is 0 Å². The number of rotatable bonds is 2. The monoisotopic (exact) mass is 351 g/mol. The Hall–Kier alpha value is -2.33. The van der Waals surface area contributed by atoms with Crippen molar-refractivity contribution in [1.29, 1.82) is 0 Å². The Morgan fingerprint density at radius 3 is 2.32 bits per heavy atom. The Morgan fingerprint density at radius 2 is 1.59 bits per heavy atom. The Balaban J connectivity index is 1.81. The molecule has 0 amide bonds. The normalized spacial score (nSPS) is 19.8. The van der Waals surface area contributed by atoms with E-state index < -0.39 is 0 Å². The van der Waals surface area contributed by atoms with Gasteiger partial charge >= 0.3 is 0 Å². The smallest absolute Gasteiger partial charge is 0.162 e.